The number of benzene rings is 2. The first-order valence-corrected chi connectivity index (χ1v) is 10.6. The zero-order chi connectivity index (χ0) is 20.5. The van der Waals surface area contributed by atoms with E-state index in [-0.39, 0.29) is 12.0 Å². The highest BCUT2D eigenvalue weighted by atomic mass is 35.5. The molecule has 5 rings (SSSR count). The van der Waals surface area contributed by atoms with Gasteiger partial charge in [0.25, 0.3) is 5.91 Å². The van der Waals surface area contributed by atoms with Gasteiger partial charge in [-0.3, -0.25) is 9.78 Å². The second-order valence-electron chi connectivity index (χ2n) is 7.65. The van der Waals surface area contributed by atoms with Crippen LogP contribution in [0.25, 0.3) is 11.1 Å². The van der Waals surface area contributed by atoms with Crippen molar-refractivity contribution in [3.05, 3.63) is 77.1 Å². The Morgan fingerprint density at radius 1 is 1.10 bits per heavy atom. The Morgan fingerprint density at radius 3 is 2.77 bits per heavy atom. The van der Waals surface area contributed by atoms with Crippen LogP contribution in [0.3, 0.4) is 0 Å². The summed E-state index contributed by atoms with van der Waals surface area (Å²) in [5.74, 6) is 0.762. The monoisotopic (exact) mass is 419 g/mol. The summed E-state index contributed by atoms with van der Waals surface area (Å²) in [7, 11) is 0. The van der Waals surface area contributed by atoms with Crippen LogP contribution in [0.5, 0.6) is 5.75 Å². The average molecular weight is 420 g/mol. The highest BCUT2D eigenvalue weighted by Gasteiger charge is 2.30. The maximum Gasteiger partial charge on any atom is 0.260 e. The van der Waals surface area contributed by atoms with E-state index < -0.39 is 0 Å². The number of halogens is 1. The second kappa shape index (κ2) is 8.09. The van der Waals surface area contributed by atoms with Gasteiger partial charge in [0.1, 0.15) is 11.9 Å². The van der Waals surface area contributed by atoms with Crippen molar-refractivity contribution in [2.75, 3.05) is 18.0 Å². The van der Waals surface area contributed by atoms with Crippen molar-refractivity contribution in [1.29, 1.82) is 0 Å². The first kappa shape index (κ1) is 19.1. The Bertz CT molecular complexity index is 1100. The lowest BCUT2D eigenvalue weighted by molar-refractivity contribution is 0.0997. The van der Waals surface area contributed by atoms with Gasteiger partial charge in [-0.1, -0.05) is 35.9 Å². The molecule has 2 aliphatic rings. The number of hydrogen-bond acceptors (Lipinski definition) is 4. The van der Waals surface area contributed by atoms with Crippen molar-refractivity contribution in [1.82, 2.24) is 10.3 Å². The Labute approximate surface area is 180 Å². The second-order valence-corrected chi connectivity index (χ2v) is 8.06. The summed E-state index contributed by atoms with van der Waals surface area (Å²) in [6.45, 7) is 2.46. The summed E-state index contributed by atoms with van der Waals surface area (Å²) in [6, 6.07) is 15.5. The number of rotatable bonds is 4. The van der Waals surface area contributed by atoms with Crippen LogP contribution in [0.2, 0.25) is 5.02 Å². The molecule has 1 saturated heterocycles. The van der Waals surface area contributed by atoms with Crippen molar-refractivity contribution in [2.24, 2.45) is 0 Å². The summed E-state index contributed by atoms with van der Waals surface area (Å²) in [6.07, 6.45) is 5.76. The van der Waals surface area contributed by atoms with Crippen molar-refractivity contribution in [3.8, 4) is 16.9 Å². The minimum absolute atomic E-state index is 0.0647. The van der Waals surface area contributed by atoms with Gasteiger partial charge in [0.2, 0.25) is 0 Å². The number of aromatic nitrogens is 1. The highest BCUT2D eigenvalue weighted by molar-refractivity contribution is 6.35. The van der Waals surface area contributed by atoms with Crippen molar-refractivity contribution in [2.45, 2.75) is 25.5 Å². The van der Waals surface area contributed by atoms with E-state index in [0.29, 0.717) is 17.1 Å². The molecule has 0 atom stereocenters. The summed E-state index contributed by atoms with van der Waals surface area (Å²) in [5, 5.41) is 3.86. The van der Waals surface area contributed by atoms with E-state index >= 15 is 0 Å². The summed E-state index contributed by atoms with van der Waals surface area (Å²) in [5.41, 5.74) is 4.29. The molecule has 30 heavy (non-hydrogen) atoms. The van der Waals surface area contributed by atoms with Gasteiger partial charge in [-0.15, -0.1) is 0 Å². The Morgan fingerprint density at radius 2 is 1.93 bits per heavy atom. The molecule has 3 heterocycles. The van der Waals surface area contributed by atoms with Crippen LogP contribution in [0.1, 0.15) is 28.8 Å². The number of nitrogens with zero attached hydrogens (tertiary/aromatic N) is 2. The molecular formula is C24H22ClN3O2. The number of amides is 1. The summed E-state index contributed by atoms with van der Waals surface area (Å²) in [4.78, 5) is 19.1. The molecule has 1 aromatic heterocycles. The Kier molecular flexibility index (Phi) is 5.15. The fourth-order valence-corrected chi connectivity index (χ4v) is 4.44. The fraction of sp³-hybridized carbons (Fsp3) is 0.250. The zero-order valence-electron chi connectivity index (χ0n) is 16.5. The van der Waals surface area contributed by atoms with E-state index in [4.69, 9.17) is 16.3 Å². The Balaban J connectivity index is 1.45. The molecule has 1 amide bonds. The van der Waals surface area contributed by atoms with Gasteiger partial charge in [0, 0.05) is 23.6 Å². The van der Waals surface area contributed by atoms with Gasteiger partial charge in [0.05, 0.1) is 17.1 Å². The van der Waals surface area contributed by atoms with Gasteiger partial charge in [0.15, 0.2) is 0 Å². The number of nitrogens with one attached hydrogen (secondary N) is 1. The fourth-order valence-electron chi connectivity index (χ4n) is 4.16. The smallest absolute Gasteiger partial charge is 0.260 e. The third-order valence-corrected chi connectivity index (χ3v) is 6.03. The maximum absolute atomic E-state index is 13.0. The third kappa shape index (κ3) is 3.55. The number of carbonyl (C=O) groups is 1. The van der Waals surface area contributed by atoms with Crippen molar-refractivity contribution >= 4 is 23.2 Å². The van der Waals surface area contributed by atoms with Crippen LogP contribution in [0.4, 0.5) is 5.69 Å². The molecule has 0 aliphatic carbocycles. The van der Waals surface area contributed by atoms with Crippen LogP contribution >= 0.6 is 11.6 Å². The molecule has 2 aromatic carbocycles. The number of carbonyl (C=O) groups excluding carboxylic acids is 1. The number of pyridine rings is 1. The molecule has 0 saturated carbocycles. The molecule has 0 radical (unpaired) electrons. The first-order valence-electron chi connectivity index (χ1n) is 10.2. The number of ether oxygens (including phenoxy) is 1. The van der Waals surface area contributed by atoms with Gasteiger partial charge in [-0.25, -0.2) is 0 Å². The molecule has 0 spiro atoms. The number of fused-ring (bicyclic) bond motifs is 1. The van der Waals surface area contributed by atoms with Crippen LogP contribution in [0, 0.1) is 0 Å². The molecule has 0 bridgehead atoms. The third-order valence-electron chi connectivity index (χ3n) is 5.72. The summed E-state index contributed by atoms with van der Waals surface area (Å²) >= 11 is 6.28. The van der Waals surface area contributed by atoms with E-state index in [1.54, 1.807) is 17.2 Å². The normalized spacial score (nSPS) is 16.6. The standard InChI is InChI=1S/C24H22ClN3O2/c25-21-6-2-4-17-15-28(24(29)23(17)21)18-5-1-3-16(13-18)20-14-27-12-9-22(20)30-19-7-10-26-11-8-19/h1-6,9,12-14,19,26H,7-8,10-11,15H2. The van der Waals surface area contributed by atoms with Gasteiger partial charge in [-0.05, 0) is 61.3 Å². The molecular weight excluding hydrogens is 398 g/mol. The molecule has 1 N–H and O–H groups in total. The number of piperidine rings is 1. The van der Waals surface area contributed by atoms with Gasteiger partial charge >= 0.3 is 0 Å². The minimum atomic E-state index is -0.0647. The van der Waals surface area contributed by atoms with E-state index in [0.717, 1.165) is 54.1 Å². The Hall–Kier alpha value is -2.89. The van der Waals surface area contributed by atoms with E-state index in [9.17, 15) is 4.79 Å². The van der Waals surface area contributed by atoms with Crippen LogP contribution in [-0.4, -0.2) is 30.1 Å². The molecule has 152 valence electrons. The predicted octanol–water partition coefficient (Wildman–Crippen LogP) is 4.69. The largest absolute Gasteiger partial charge is 0.490 e. The number of hydrogen-bond donors (Lipinski definition) is 1. The maximum atomic E-state index is 13.0. The van der Waals surface area contributed by atoms with E-state index in [2.05, 4.69) is 10.3 Å². The van der Waals surface area contributed by atoms with Crippen LogP contribution < -0.4 is 15.0 Å². The average Bonchev–Trinajstić information content (AvgIpc) is 3.13. The van der Waals surface area contributed by atoms with Gasteiger partial charge in [-0.2, -0.15) is 0 Å². The topological polar surface area (TPSA) is 54.5 Å². The molecule has 1 fully saturated rings. The molecule has 6 heteroatoms. The van der Waals surface area contributed by atoms with E-state index in [1.807, 2.05) is 48.7 Å². The first-order chi connectivity index (χ1) is 14.7. The lowest BCUT2D eigenvalue weighted by Crippen LogP contribution is -2.34. The minimum Gasteiger partial charge on any atom is -0.490 e. The molecule has 5 nitrogen and oxygen atoms in total. The molecule has 3 aromatic rings. The lowest BCUT2D eigenvalue weighted by Gasteiger charge is -2.25. The molecule has 2 aliphatic heterocycles. The predicted molar refractivity (Wildman–Crippen MR) is 118 cm³/mol. The van der Waals surface area contributed by atoms with E-state index in [1.165, 1.54) is 0 Å². The van der Waals surface area contributed by atoms with Gasteiger partial charge < -0.3 is 15.0 Å². The van der Waals surface area contributed by atoms with Crippen LogP contribution in [0.15, 0.2) is 60.9 Å². The highest BCUT2D eigenvalue weighted by Crippen LogP contribution is 2.36. The van der Waals surface area contributed by atoms with Crippen molar-refractivity contribution in [3.63, 3.8) is 0 Å². The molecule has 0 unspecified atom stereocenters. The number of anilines is 1. The zero-order valence-corrected chi connectivity index (χ0v) is 17.2. The summed E-state index contributed by atoms with van der Waals surface area (Å²) < 4.78 is 6.32. The SMILES string of the molecule is O=C1c2c(Cl)cccc2CN1c1cccc(-c2cnccc2OC2CCNCC2)c1. The van der Waals surface area contributed by atoms with Crippen LogP contribution in [-0.2, 0) is 6.54 Å². The quantitative estimate of drug-likeness (QED) is 0.666. The lowest BCUT2D eigenvalue weighted by atomic mass is 10.0. The van der Waals surface area contributed by atoms with Crippen molar-refractivity contribution < 1.29 is 9.53 Å².